The first-order valence-electron chi connectivity index (χ1n) is 6.91. The van der Waals surface area contributed by atoms with Crippen molar-refractivity contribution in [2.75, 3.05) is 7.11 Å². The summed E-state index contributed by atoms with van der Waals surface area (Å²) in [5.41, 5.74) is 1.76. The molecule has 0 spiro atoms. The number of hydrogen-bond donors (Lipinski definition) is 0. The molecule has 2 unspecified atom stereocenters. The minimum Gasteiger partial charge on any atom is -0.490 e. The third-order valence-electron chi connectivity index (χ3n) is 3.72. The van der Waals surface area contributed by atoms with Crippen molar-refractivity contribution >= 4 is 5.78 Å². The Morgan fingerprint density at radius 2 is 2.00 bits per heavy atom. The van der Waals surface area contributed by atoms with E-state index < -0.39 is 0 Å². The molecule has 0 amide bonds. The zero-order chi connectivity index (χ0) is 13.8. The van der Waals surface area contributed by atoms with Crippen molar-refractivity contribution in [2.24, 2.45) is 0 Å². The van der Waals surface area contributed by atoms with Gasteiger partial charge in [0, 0.05) is 13.5 Å². The molecule has 1 aliphatic rings. The van der Waals surface area contributed by atoms with Crippen LogP contribution in [-0.4, -0.2) is 25.1 Å². The van der Waals surface area contributed by atoms with Crippen LogP contribution in [0.2, 0.25) is 0 Å². The number of aryl methyl sites for hydroxylation is 1. The fourth-order valence-electron chi connectivity index (χ4n) is 2.62. The summed E-state index contributed by atoms with van der Waals surface area (Å²) in [5.74, 6) is 0.762. The van der Waals surface area contributed by atoms with Gasteiger partial charge in [0.25, 0.3) is 0 Å². The monoisotopic (exact) mass is 262 g/mol. The molecule has 0 N–H and O–H groups in total. The number of carbonyl (C=O) groups is 1. The lowest BCUT2D eigenvalue weighted by Crippen LogP contribution is -2.29. The minimum absolute atomic E-state index is 0.0535. The fraction of sp³-hybridized carbons (Fsp3) is 0.562. The number of benzene rings is 1. The van der Waals surface area contributed by atoms with Gasteiger partial charge >= 0.3 is 0 Å². The van der Waals surface area contributed by atoms with Gasteiger partial charge in [-0.05, 0) is 45.2 Å². The average Bonchev–Trinajstić information content (AvgIpc) is 2.41. The highest BCUT2D eigenvalue weighted by molar-refractivity contribution is 5.97. The normalized spacial score (nSPS) is 23.1. The molecule has 0 radical (unpaired) electrons. The van der Waals surface area contributed by atoms with Gasteiger partial charge in [-0.1, -0.05) is 11.6 Å². The number of rotatable bonds is 4. The molecule has 0 aliphatic heterocycles. The zero-order valence-corrected chi connectivity index (χ0v) is 11.9. The van der Waals surface area contributed by atoms with E-state index in [2.05, 4.69) is 0 Å². The molecule has 0 bridgehead atoms. The molecule has 3 heteroatoms. The third kappa shape index (κ3) is 3.57. The number of carbonyl (C=O) groups excluding carboxylic acids is 1. The Bertz CT molecular complexity index is 453. The van der Waals surface area contributed by atoms with Crippen LogP contribution in [0, 0.1) is 6.92 Å². The molecule has 1 aromatic carbocycles. The molecule has 2 rings (SSSR count). The molecule has 2 atom stereocenters. The summed E-state index contributed by atoms with van der Waals surface area (Å²) in [5, 5.41) is 0. The highest BCUT2D eigenvalue weighted by atomic mass is 16.5. The Balaban J connectivity index is 2.12. The lowest BCUT2D eigenvalue weighted by atomic mass is 9.94. The Labute approximate surface area is 114 Å². The summed E-state index contributed by atoms with van der Waals surface area (Å²) >= 11 is 0. The van der Waals surface area contributed by atoms with Crippen LogP contribution in [-0.2, 0) is 4.74 Å². The number of ether oxygens (including phenoxy) is 2. The maximum Gasteiger partial charge on any atom is 0.163 e. The smallest absolute Gasteiger partial charge is 0.163 e. The van der Waals surface area contributed by atoms with Gasteiger partial charge in [0.15, 0.2) is 5.78 Å². The summed E-state index contributed by atoms with van der Waals surface area (Å²) in [7, 11) is 1.75. The largest absolute Gasteiger partial charge is 0.490 e. The van der Waals surface area contributed by atoms with Crippen molar-refractivity contribution in [3.8, 4) is 5.75 Å². The summed E-state index contributed by atoms with van der Waals surface area (Å²) in [6.07, 6.45) is 4.59. The number of Topliss-reactive ketones (excluding diaryl/α,β-unsaturated/α-hetero) is 1. The van der Waals surface area contributed by atoms with E-state index in [-0.39, 0.29) is 18.0 Å². The van der Waals surface area contributed by atoms with E-state index in [1.807, 2.05) is 25.1 Å². The van der Waals surface area contributed by atoms with E-state index in [4.69, 9.17) is 9.47 Å². The molecule has 0 heterocycles. The molecular weight excluding hydrogens is 240 g/mol. The highest BCUT2D eigenvalue weighted by Crippen LogP contribution is 2.28. The molecule has 19 heavy (non-hydrogen) atoms. The van der Waals surface area contributed by atoms with E-state index in [1.165, 1.54) is 0 Å². The lowest BCUT2D eigenvalue weighted by Gasteiger charge is -2.29. The molecule has 1 aromatic rings. The van der Waals surface area contributed by atoms with Crippen molar-refractivity contribution < 1.29 is 14.3 Å². The van der Waals surface area contributed by atoms with E-state index >= 15 is 0 Å². The number of hydrogen-bond acceptors (Lipinski definition) is 3. The Morgan fingerprint density at radius 1 is 1.26 bits per heavy atom. The molecule has 1 aliphatic carbocycles. The van der Waals surface area contributed by atoms with Crippen molar-refractivity contribution in [3.05, 3.63) is 29.3 Å². The predicted molar refractivity (Wildman–Crippen MR) is 74.9 cm³/mol. The van der Waals surface area contributed by atoms with Crippen molar-refractivity contribution in [1.29, 1.82) is 0 Å². The van der Waals surface area contributed by atoms with Gasteiger partial charge in [-0.3, -0.25) is 4.79 Å². The summed E-state index contributed by atoms with van der Waals surface area (Å²) < 4.78 is 11.4. The van der Waals surface area contributed by atoms with E-state index in [0.29, 0.717) is 11.3 Å². The quantitative estimate of drug-likeness (QED) is 0.779. The van der Waals surface area contributed by atoms with Gasteiger partial charge in [0.05, 0.1) is 11.7 Å². The molecule has 3 nitrogen and oxygen atoms in total. The van der Waals surface area contributed by atoms with Gasteiger partial charge < -0.3 is 9.47 Å². The molecule has 1 fully saturated rings. The van der Waals surface area contributed by atoms with Crippen molar-refractivity contribution in [3.63, 3.8) is 0 Å². The summed E-state index contributed by atoms with van der Waals surface area (Å²) in [6, 6.07) is 5.79. The van der Waals surface area contributed by atoms with Crippen LogP contribution in [0.4, 0.5) is 0 Å². The number of ketones is 1. The second-order valence-corrected chi connectivity index (χ2v) is 5.32. The van der Waals surface area contributed by atoms with Crippen molar-refractivity contribution in [1.82, 2.24) is 0 Å². The van der Waals surface area contributed by atoms with Crippen molar-refractivity contribution in [2.45, 2.75) is 51.7 Å². The van der Waals surface area contributed by atoms with E-state index in [9.17, 15) is 4.79 Å². The Kier molecular flexibility index (Phi) is 4.59. The lowest BCUT2D eigenvalue weighted by molar-refractivity contribution is 0.0207. The first kappa shape index (κ1) is 14.1. The Hall–Kier alpha value is -1.35. The van der Waals surface area contributed by atoms with Crippen LogP contribution in [0.15, 0.2) is 18.2 Å². The minimum atomic E-state index is 0.0535. The maximum atomic E-state index is 11.7. The molecule has 104 valence electrons. The van der Waals surface area contributed by atoms with Gasteiger partial charge in [0.2, 0.25) is 0 Å². The van der Waals surface area contributed by atoms with Crippen LogP contribution in [0.1, 0.15) is 48.5 Å². The topological polar surface area (TPSA) is 35.5 Å². The van der Waals surface area contributed by atoms with Gasteiger partial charge in [0.1, 0.15) is 11.9 Å². The summed E-state index contributed by atoms with van der Waals surface area (Å²) in [4.78, 5) is 11.7. The second-order valence-electron chi connectivity index (χ2n) is 5.32. The summed E-state index contributed by atoms with van der Waals surface area (Å²) in [6.45, 7) is 3.57. The first-order valence-corrected chi connectivity index (χ1v) is 6.91. The molecular formula is C16H22O3. The van der Waals surface area contributed by atoms with Crippen LogP contribution < -0.4 is 4.74 Å². The Morgan fingerprint density at radius 3 is 2.68 bits per heavy atom. The van der Waals surface area contributed by atoms with Crippen LogP contribution in [0.25, 0.3) is 0 Å². The van der Waals surface area contributed by atoms with Crippen LogP contribution in [0.3, 0.4) is 0 Å². The first-order chi connectivity index (χ1) is 9.10. The average molecular weight is 262 g/mol. The number of methoxy groups -OCH3 is 1. The third-order valence-corrected chi connectivity index (χ3v) is 3.72. The molecule has 1 saturated carbocycles. The van der Waals surface area contributed by atoms with Gasteiger partial charge in [-0.15, -0.1) is 0 Å². The fourth-order valence-corrected chi connectivity index (χ4v) is 2.62. The highest BCUT2D eigenvalue weighted by Gasteiger charge is 2.24. The van der Waals surface area contributed by atoms with E-state index in [1.54, 1.807) is 14.0 Å². The molecule has 0 aromatic heterocycles. The van der Waals surface area contributed by atoms with Crippen LogP contribution in [0.5, 0.6) is 5.75 Å². The SMILES string of the molecule is COC1CCCC(Oc2ccc(C)cc2C(C)=O)C1. The maximum absolute atomic E-state index is 11.7. The van der Waals surface area contributed by atoms with Crippen LogP contribution >= 0.6 is 0 Å². The zero-order valence-electron chi connectivity index (χ0n) is 11.9. The molecule has 0 saturated heterocycles. The standard InChI is InChI=1S/C16H22O3/c1-11-7-8-16(15(9-11)12(2)17)19-14-6-4-5-13(10-14)18-3/h7-9,13-14H,4-6,10H2,1-3H3. The predicted octanol–water partition coefficient (Wildman–Crippen LogP) is 3.53. The van der Waals surface area contributed by atoms with E-state index in [0.717, 1.165) is 31.2 Å². The van der Waals surface area contributed by atoms with Gasteiger partial charge in [-0.25, -0.2) is 0 Å². The second kappa shape index (κ2) is 6.20. The van der Waals surface area contributed by atoms with Gasteiger partial charge in [-0.2, -0.15) is 0 Å².